The summed E-state index contributed by atoms with van der Waals surface area (Å²) in [6.45, 7) is 1.46. The lowest BCUT2D eigenvalue weighted by Crippen LogP contribution is -2.47. The Hall–Kier alpha value is -3.02. The fourth-order valence-corrected chi connectivity index (χ4v) is 4.93. The summed E-state index contributed by atoms with van der Waals surface area (Å²) in [4.78, 5) is 11.5. The molecule has 4 heterocycles. The Labute approximate surface area is 192 Å². The van der Waals surface area contributed by atoms with E-state index in [1.165, 1.54) is 23.4 Å². The Morgan fingerprint density at radius 3 is 2.73 bits per heavy atom. The van der Waals surface area contributed by atoms with Gasteiger partial charge in [0, 0.05) is 24.1 Å². The smallest absolute Gasteiger partial charge is 0.230 e. The van der Waals surface area contributed by atoms with E-state index in [9.17, 15) is 13.9 Å². The maximum Gasteiger partial charge on any atom is 0.230 e. The highest BCUT2D eigenvalue weighted by atomic mass is 32.1. The zero-order chi connectivity index (χ0) is 22.8. The average molecular weight is 473 g/mol. The van der Waals surface area contributed by atoms with E-state index in [0.717, 1.165) is 29.9 Å². The van der Waals surface area contributed by atoms with Gasteiger partial charge in [0.05, 0.1) is 11.4 Å². The number of hydrogen-bond donors (Lipinski definition) is 1. The van der Waals surface area contributed by atoms with E-state index in [1.807, 2.05) is 17.5 Å². The Kier molecular flexibility index (Phi) is 6.00. The quantitative estimate of drug-likeness (QED) is 0.440. The number of benzene rings is 1. The molecule has 1 aliphatic rings. The Balaban J connectivity index is 1.29. The molecular weight excluding hydrogens is 450 g/mol. The van der Waals surface area contributed by atoms with Crippen molar-refractivity contribution in [3.8, 4) is 10.7 Å². The molecule has 33 heavy (non-hydrogen) atoms. The summed E-state index contributed by atoms with van der Waals surface area (Å²) in [6, 6.07) is 7.12. The Morgan fingerprint density at radius 2 is 2.03 bits per heavy atom. The maximum absolute atomic E-state index is 14.6. The van der Waals surface area contributed by atoms with Crippen LogP contribution in [0.2, 0.25) is 0 Å². The first-order valence-corrected chi connectivity index (χ1v) is 11.5. The van der Waals surface area contributed by atoms with Crippen LogP contribution in [-0.4, -0.2) is 54.5 Å². The summed E-state index contributed by atoms with van der Waals surface area (Å²) >= 11 is 1.56. The number of rotatable bonds is 7. The second-order valence-electron chi connectivity index (χ2n) is 8.23. The molecule has 4 aromatic rings. The highest BCUT2D eigenvalue weighted by molar-refractivity contribution is 7.13. The number of nitrogens with zero attached hydrogens (tertiary/aromatic N) is 6. The van der Waals surface area contributed by atoms with Crippen molar-refractivity contribution in [3.05, 3.63) is 71.5 Å². The van der Waals surface area contributed by atoms with Gasteiger partial charge in [-0.3, -0.25) is 0 Å². The van der Waals surface area contributed by atoms with Crippen LogP contribution >= 0.6 is 11.3 Å². The molecule has 0 amide bonds. The number of piperidine rings is 1. The van der Waals surface area contributed by atoms with Gasteiger partial charge in [0.15, 0.2) is 0 Å². The molecule has 1 aromatic carbocycles. The molecule has 1 N–H and O–H groups in total. The minimum absolute atomic E-state index is 0.0106. The zero-order valence-electron chi connectivity index (χ0n) is 17.6. The molecule has 5 rings (SSSR count). The molecule has 1 fully saturated rings. The summed E-state index contributed by atoms with van der Waals surface area (Å²) in [7, 11) is 0. The zero-order valence-corrected chi connectivity index (χ0v) is 18.5. The number of aromatic nitrogens is 5. The van der Waals surface area contributed by atoms with Crippen LogP contribution in [-0.2, 0) is 12.1 Å². The first-order valence-electron chi connectivity index (χ1n) is 10.6. The van der Waals surface area contributed by atoms with E-state index in [0.29, 0.717) is 24.8 Å². The number of halogens is 2. The minimum atomic E-state index is -1.62. The highest BCUT2D eigenvalue weighted by Crippen LogP contribution is 2.33. The Bertz CT molecular complexity index is 1190. The average Bonchev–Trinajstić information content (AvgIpc) is 3.56. The van der Waals surface area contributed by atoms with E-state index < -0.39 is 17.2 Å². The highest BCUT2D eigenvalue weighted by Gasteiger charge is 2.37. The summed E-state index contributed by atoms with van der Waals surface area (Å²) < 4.78 is 35.1. The van der Waals surface area contributed by atoms with E-state index in [2.05, 4.69) is 25.1 Å². The van der Waals surface area contributed by atoms with Crippen LogP contribution in [0, 0.1) is 11.6 Å². The molecule has 172 valence electrons. The third-order valence-corrected chi connectivity index (χ3v) is 6.79. The van der Waals surface area contributed by atoms with Crippen LogP contribution in [0.25, 0.3) is 10.7 Å². The van der Waals surface area contributed by atoms with Crippen molar-refractivity contribution < 1.29 is 18.4 Å². The van der Waals surface area contributed by atoms with Crippen molar-refractivity contribution in [3.63, 3.8) is 0 Å². The van der Waals surface area contributed by atoms with Gasteiger partial charge in [-0.2, -0.15) is 10.1 Å². The normalized spacial score (nSPS) is 17.3. The lowest BCUT2D eigenvalue weighted by Gasteiger charge is -2.37. The second kappa shape index (κ2) is 9.08. The summed E-state index contributed by atoms with van der Waals surface area (Å²) in [5.41, 5.74) is -1.59. The van der Waals surface area contributed by atoms with Crippen LogP contribution < -0.4 is 0 Å². The van der Waals surface area contributed by atoms with Gasteiger partial charge in [0.25, 0.3) is 0 Å². The summed E-state index contributed by atoms with van der Waals surface area (Å²) in [6.07, 6.45) is 4.33. The molecule has 0 saturated carbocycles. The minimum Gasteiger partial charge on any atom is -0.382 e. The van der Waals surface area contributed by atoms with E-state index in [1.54, 1.807) is 11.3 Å². The summed E-state index contributed by atoms with van der Waals surface area (Å²) in [5.74, 6) is -0.161. The van der Waals surface area contributed by atoms with Crippen molar-refractivity contribution in [2.45, 2.75) is 30.9 Å². The third-order valence-electron chi connectivity index (χ3n) is 5.93. The first-order chi connectivity index (χ1) is 16.0. The molecule has 8 nitrogen and oxygen atoms in total. The number of aliphatic hydroxyl groups is 1. The van der Waals surface area contributed by atoms with Crippen LogP contribution in [0.3, 0.4) is 0 Å². The summed E-state index contributed by atoms with van der Waals surface area (Å²) in [5, 5.41) is 21.6. The van der Waals surface area contributed by atoms with E-state index in [-0.39, 0.29) is 24.6 Å². The van der Waals surface area contributed by atoms with Gasteiger partial charge in [0.2, 0.25) is 11.7 Å². The van der Waals surface area contributed by atoms with Crippen molar-refractivity contribution in [2.75, 3.05) is 19.6 Å². The fourth-order valence-electron chi connectivity index (χ4n) is 4.28. The van der Waals surface area contributed by atoms with Gasteiger partial charge in [-0.1, -0.05) is 17.3 Å². The molecule has 1 aliphatic heterocycles. The van der Waals surface area contributed by atoms with Crippen molar-refractivity contribution in [1.82, 2.24) is 29.8 Å². The van der Waals surface area contributed by atoms with E-state index in [4.69, 9.17) is 4.52 Å². The molecule has 1 unspecified atom stereocenters. The number of thiophene rings is 1. The Morgan fingerprint density at radius 1 is 1.18 bits per heavy atom. The van der Waals surface area contributed by atoms with Crippen LogP contribution in [0.5, 0.6) is 0 Å². The van der Waals surface area contributed by atoms with Crippen molar-refractivity contribution in [2.24, 2.45) is 0 Å². The van der Waals surface area contributed by atoms with E-state index >= 15 is 0 Å². The van der Waals surface area contributed by atoms with Gasteiger partial charge in [-0.05, 0) is 43.4 Å². The monoisotopic (exact) mass is 472 g/mol. The predicted molar refractivity (Wildman–Crippen MR) is 116 cm³/mol. The third kappa shape index (κ3) is 4.70. The van der Waals surface area contributed by atoms with Gasteiger partial charge < -0.3 is 14.5 Å². The second-order valence-corrected chi connectivity index (χ2v) is 9.18. The van der Waals surface area contributed by atoms with Gasteiger partial charge >= 0.3 is 0 Å². The molecule has 3 aromatic heterocycles. The SMILES string of the molecule is OC(CN1CCC(c2nc(-c3cccs3)no2)CC1)(Cn1cncn1)c1ccc(F)cc1F. The molecule has 0 radical (unpaired) electrons. The lowest BCUT2D eigenvalue weighted by atomic mass is 9.90. The molecule has 1 atom stereocenters. The first kappa shape index (κ1) is 21.8. The number of hydrogen-bond acceptors (Lipinski definition) is 8. The largest absolute Gasteiger partial charge is 0.382 e. The van der Waals surface area contributed by atoms with Crippen LogP contribution in [0.4, 0.5) is 8.78 Å². The van der Waals surface area contributed by atoms with Gasteiger partial charge in [-0.25, -0.2) is 18.4 Å². The lowest BCUT2D eigenvalue weighted by molar-refractivity contribution is -0.0271. The number of likely N-dealkylation sites (tertiary alicyclic amines) is 1. The standard InChI is InChI=1S/C22H22F2N6O2S/c23-16-3-4-17(18(24)10-16)22(31,12-30-14-25-13-26-30)11-29-7-5-15(6-8-29)21-27-20(28-32-21)19-2-1-9-33-19/h1-4,9-10,13-15,31H,5-8,11-12H2. The number of β-amino-alcohol motifs (C(OH)–C–C–N with tert-alkyl or cyclic N) is 1. The molecule has 1 saturated heterocycles. The molecular formula is C22H22F2N6O2S. The fraction of sp³-hybridized carbons (Fsp3) is 0.364. The topological polar surface area (TPSA) is 93.1 Å². The van der Waals surface area contributed by atoms with Crippen LogP contribution in [0.15, 0.2) is 52.9 Å². The van der Waals surface area contributed by atoms with Gasteiger partial charge in [0.1, 0.15) is 29.9 Å². The van der Waals surface area contributed by atoms with Gasteiger partial charge in [-0.15, -0.1) is 11.3 Å². The van der Waals surface area contributed by atoms with Crippen LogP contribution in [0.1, 0.15) is 30.2 Å². The predicted octanol–water partition coefficient (Wildman–Crippen LogP) is 3.44. The van der Waals surface area contributed by atoms with Crippen molar-refractivity contribution >= 4 is 11.3 Å². The molecule has 0 spiro atoms. The molecule has 0 bridgehead atoms. The van der Waals surface area contributed by atoms with Crippen molar-refractivity contribution in [1.29, 1.82) is 0 Å². The maximum atomic E-state index is 14.6. The molecule has 0 aliphatic carbocycles. The molecule has 11 heteroatoms.